The van der Waals surface area contributed by atoms with Gasteiger partial charge in [-0.3, -0.25) is 4.79 Å². The summed E-state index contributed by atoms with van der Waals surface area (Å²) >= 11 is 0. The van der Waals surface area contributed by atoms with Crippen molar-refractivity contribution >= 4 is 5.91 Å². The number of hydrogen-bond donors (Lipinski definition) is 1. The lowest BCUT2D eigenvalue weighted by Gasteiger charge is -2.21. The summed E-state index contributed by atoms with van der Waals surface area (Å²) in [6, 6.07) is 0. The van der Waals surface area contributed by atoms with Crippen LogP contribution in [0, 0.1) is 23.7 Å². The zero-order valence-corrected chi connectivity index (χ0v) is 8.23. The number of fused-ring (bicyclic) bond motifs is 1. The number of aliphatic hydroxyl groups excluding tert-OH is 1. The van der Waals surface area contributed by atoms with Gasteiger partial charge in [-0.2, -0.15) is 0 Å². The Morgan fingerprint density at radius 1 is 1.62 bits per heavy atom. The first-order valence-corrected chi connectivity index (χ1v) is 5.04. The molecule has 0 spiro atoms. The molecule has 1 saturated carbocycles. The average Bonchev–Trinajstić information content (AvgIpc) is 2.66. The summed E-state index contributed by atoms with van der Waals surface area (Å²) in [7, 11) is 0. The van der Waals surface area contributed by atoms with Crippen molar-refractivity contribution in [3.05, 3.63) is 0 Å². The number of carbonyl (C=O) groups excluding carboxylic acids is 1. The van der Waals surface area contributed by atoms with Crippen LogP contribution >= 0.6 is 0 Å². The van der Waals surface area contributed by atoms with E-state index in [0.717, 1.165) is 13.1 Å². The smallest absolute Gasteiger partial charge is 0.226 e. The fraction of sp³-hybridized carbons (Fsp3) is 0.900. The van der Waals surface area contributed by atoms with Crippen molar-refractivity contribution in [3.8, 4) is 0 Å². The first kappa shape index (κ1) is 9.00. The molecule has 2 rings (SSSR count). The van der Waals surface area contributed by atoms with E-state index in [2.05, 4.69) is 13.8 Å². The number of piperidine rings is 1. The van der Waals surface area contributed by atoms with Gasteiger partial charge < -0.3 is 10.0 Å². The summed E-state index contributed by atoms with van der Waals surface area (Å²) in [4.78, 5) is 13.6. The highest BCUT2D eigenvalue weighted by atomic mass is 16.3. The van der Waals surface area contributed by atoms with Gasteiger partial charge in [0.1, 0.15) is 0 Å². The Hall–Kier alpha value is -0.570. The molecule has 13 heavy (non-hydrogen) atoms. The van der Waals surface area contributed by atoms with Crippen LogP contribution in [0.5, 0.6) is 0 Å². The quantitative estimate of drug-likeness (QED) is 0.685. The largest absolute Gasteiger partial charge is 0.396 e. The van der Waals surface area contributed by atoms with Gasteiger partial charge in [-0.05, 0) is 17.8 Å². The van der Waals surface area contributed by atoms with E-state index < -0.39 is 0 Å². The highest BCUT2D eigenvalue weighted by Crippen LogP contribution is 2.52. The maximum Gasteiger partial charge on any atom is 0.226 e. The Balaban J connectivity index is 1.91. The van der Waals surface area contributed by atoms with E-state index in [0.29, 0.717) is 11.8 Å². The van der Waals surface area contributed by atoms with Crippen molar-refractivity contribution in [2.75, 3.05) is 19.7 Å². The molecular formula is C10H17NO2. The Morgan fingerprint density at radius 3 is 2.69 bits per heavy atom. The molecule has 3 heteroatoms. The minimum absolute atomic E-state index is 0.170. The molecule has 1 aliphatic heterocycles. The van der Waals surface area contributed by atoms with E-state index in [4.69, 9.17) is 5.11 Å². The van der Waals surface area contributed by atoms with Gasteiger partial charge in [-0.1, -0.05) is 13.8 Å². The topological polar surface area (TPSA) is 40.5 Å². The van der Waals surface area contributed by atoms with E-state index in [9.17, 15) is 4.79 Å². The normalized spacial score (nSPS) is 37.1. The molecule has 3 nitrogen and oxygen atoms in total. The van der Waals surface area contributed by atoms with Crippen molar-refractivity contribution < 1.29 is 9.90 Å². The molecule has 0 aromatic carbocycles. The summed E-state index contributed by atoms with van der Waals surface area (Å²) in [5, 5.41) is 8.93. The van der Waals surface area contributed by atoms with Crippen LogP contribution in [0.25, 0.3) is 0 Å². The zero-order chi connectivity index (χ0) is 9.59. The average molecular weight is 183 g/mol. The van der Waals surface area contributed by atoms with E-state index >= 15 is 0 Å². The number of nitrogens with zero attached hydrogens (tertiary/aromatic N) is 1. The second kappa shape index (κ2) is 2.98. The molecular weight excluding hydrogens is 166 g/mol. The zero-order valence-electron chi connectivity index (χ0n) is 8.23. The van der Waals surface area contributed by atoms with Gasteiger partial charge >= 0.3 is 0 Å². The number of hydrogen-bond acceptors (Lipinski definition) is 2. The minimum atomic E-state index is 0.170. The van der Waals surface area contributed by atoms with Gasteiger partial charge in [0.25, 0.3) is 0 Å². The molecule has 3 atom stereocenters. The van der Waals surface area contributed by atoms with E-state index in [1.165, 1.54) is 0 Å². The molecule has 0 radical (unpaired) electrons. The SMILES string of the molecule is CC(C)CN1CC2C(CO)C2C1=O. The van der Waals surface area contributed by atoms with Crippen molar-refractivity contribution in [2.24, 2.45) is 23.7 Å². The van der Waals surface area contributed by atoms with E-state index in [1.807, 2.05) is 4.90 Å². The van der Waals surface area contributed by atoms with Gasteiger partial charge in [0.15, 0.2) is 0 Å². The maximum absolute atomic E-state index is 11.7. The second-order valence-corrected chi connectivity index (χ2v) is 4.67. The Morgan fingerprint density at radius 2 is 2.31 bits per heavy atom. The maximum atomic E-state index is 11.7. The molecule has 2 aliphatic rings. The first-order chi connectivity index (χ1) is 6.15. The number of amides is 1. The Kier molecular flexibility index (Phi) is 2.06. The molecule has 0 bridgehead atoms. The molecule has 1 amide bonds. The molecule has 2 fully saturated rings. The third-order valence-electron chi connectivity index (χ3n) is 3.16. The lowest BCUT2D eigenvalue weighted by Crippen LogP contribution is -2.33. The van der Waals surface area contributed by atoms with Crippen LogP contribution in [0.2, 0.25) is 0 Å². The predicted molar refractivity (Wildman–Crippen MR) is 49.0 cm³/mol. The minimum Gasteiger partial charge on any atom is -0.396 e. The van der Waals surface area contributed by atoms with Gasteiger partial charge in [-0.25, -0.2) is 0 Å². The summed E-state index contributed by atoms with van der Waals surface area (Å²) in [6.45, 7) is 6.20. The lowest BCUT2D eigenvalue weighted by atomic mass is 10.2. The summed E-state index contributed by atoms with van der Waals surface area (Å²) in [6.07, 6.45) is 0. The van der Waals surface area contributed by atoms with E-state index in [-0.39, 0.29) is 24.3 Å². The molecule has 1 heterocycles. The van der Waals surface area contributed by atoms with Crippen molar-refractivity contribution in [2.45, 2.75) is 13.8 Å². The Labute approximate surface area is 78.7 Å². The van der Waals surface area contributed by atoms with Gasteiger partial charge in [0.05, 0.1) is 0 Å². The molecule has 1 N–H and O–H groups in total. The van der Waals surface area contributed by atoms with Gasteiger partial charge in [-0.15, -0.1) is 0 Å². The predicted octanol–water partition coefficient (Wildman–Crippen LogP) is 0.339. The highest BCUT2D eigenvalue weighted by Gasteiger charge is 2.60. The van der Waals surface area contributed by atoms with Crippen LogP contribution in [0.4, 0.5) is 0 Å². The van der Waals surface area contributed by atoms with Crippen molar-refractivity contribution in [1.29, 1.82) is 0 Å². The number of rotatable bonds is 3. The molecule has 3 unspecified atom stereocenters. The first-order valence-electron chi connectivity index (χ1n) is 5.04. The molecule has 1 aliphatic carbocycles. The number of likely N-dealkylation sites (tertiary alicyclic amines) is 1. The highest BCUT2D eigenvalue weighted by molar-refractivity contribution is 5.85. The standard InChI is InChI=1S/C10H17NO2/c1-6(2)3-11-4-7-8(5-12)9(7)10(11)13/h6-9,12H,3-5H2,1-2H3. The molecule has 1 saturated heterocycles. The third-order valence-corrected chi connectivity index (χ3v) is 3.16. The van der Waals surface area contributed by atoms with Crippen molar-refractivity contribution in [3.63, 3.8) is 0 Å². The third kappa shape index (κ3) is 1.35. The molecule has 0 aromatic rings. The van der Waals surface area contributed by atoms with Crippen LogP contribution in [0.1, 0.15) is 13.8 Å². The summed E-state index contributed by atoms with van der Waals surface area (Å²) < 4.78 is 0. The van der Waals surface area contributed by atoms with E-state index in [1.54, 1.807) is 0 Å². The van der Waals surface area contributed by atoms with Gasteiger partial charge in [0, 0.05) is 25.6 Å². The summed E-state index contributed by atoms with van der Waals surface area (Å²) in [5.74, 6) is 1.75. The van der Waals surface area contributed by atoms with Crippen LogP contribution in [-0.4, -0.2) is 35.6 Å². The Bertz CT molecular complexity index is 227. The monoisotopic (exact) mass is 183 g/mol. The fourth-order valence-electron chi connectivity index (χ4n) is 2.47. The summed E-state index contributed by atoms with van der Waals surface area (Å²) in [5.41, 5.74) is 0. The number of carbonyl (C=O) groups is 1. The molecule has 0 aromatic heterocycles. The molecule has 74 valence electrons. The van der Waals surface area contributed by atoms with Crippen LogP contribution in [-0.2, 0) is 4.79 Å². The van der Waals surface area contributed by atoms with Gasteiger partial charge in [0.2, 0.25) is 5.91 Å². The number of aliphatic hydroxyl groups is 1. The van der Waals surface area contributed by atoms with Crippen LogP contribution in [0.15, 0.2) is 0 Å². The van der Waals surface area contributed by atoms with Crippen LogP contribution < -0.4 is 0 Å². The van der Waals surface area contributed by atoms with Crippen LogP contribution in [0.3, 0.4) is 0 Å². The fourth-order valence-corrected chi connectivity index (χ4v) is 2.47. The lowest BCUT2D eigenvalue weighted by molar-refractivity contribution is -0.131. The van der Waals surface area contributed by atoms with Crippen molar-refractivity contribution in [1.82, 2.24) is 4.90 Å². The second-order valence-electron chi connectivity index (χ2n) is 4.67.